The van der Waals surface area contributed by atoms with Crippen molar-refractivity contribution in [3.8, 4) is 11.5 Å². The van der Waals surface area contributed by atoms with E-state index in [1.165, 1.54) is 0 Å². The first-order valence-corrected chi connectivity index (χ1v) is 9.29. The standard InChI is InChI=1S/C18H26N4O2S.HI/c1-4-19-18(20-9-8-15-13-25-14(2)22-15)21-10-11-24-17-7-5-6-16(12-17)23-3;/h5-7,12-13H,4,8-11H2,1-3H3,(H2,19,20,21);1H. The number of thiazole rings is 1. The third kappa shape index (κ3) is 8.22. The van der Waals surface area contributed by atoms with E-state index in [0.29, 0.717) is 19.7 Å². The lowest BCUT2D eigenvalue weighted by molar-refractivity contribution is 0.319. The SMILES string of the molecule is CCNC(=NCCc1csc(C)n1)NCCOc1cccc(OC)c1.I. The van der Waals surface area contributed by atoms with Crippen LogP contribution in [0.2, 0.25) is 0 Å². The Bertz CT molecular complexity index is 679. The molecule has 8 heteroatoms. The van der Waals surface area contributed by atoms with Gasteiger partial charge in [-0.05, 0) is 26.0 Å². The highest BCUT2D eigenvalue weighted by molar-refractivity contribution is 14.0. The Labute approximate surface area is 176 Å². The fourth-order valence-electron chi connectivity index (χ4n) is 2.18. The molecule has 0 saturated carbocycles. The average Bonchev–Trinajstić information content (AvgIpc) is 3.04. The van der Waals surface area contributed by atoms with E-state index >= 15 is 0 Å². The first-order chi connectivity index (χ1) is 12.2. The summed E-state index contributed by atoms with van der Waals surface area (Å²) in [6, 6.07) is 7.59. The van der Waals surface area contributed by atoms with Gasteiger partial charge in [-0.25, -0.2) is 4.98 Å². The van der Waals surface area contributed by atoms with Crippen molar-refractivity contribution >= 4 is 41.3 Å². The van der Waals surface area contributed by atoms with E-state index in [2.05, 4.69) is 26.0 Å². The quantitative estimate of drug-likeness (QED) is 0.245. The van der Waals surface area contributed by atoms with E-state index in [9.17, 15) is 0 Å². The van der Waals surface area contributed by atoms with Gasteiger partial charge in [-0.3, -0.25) is 4.99 Å². The van der Waals surface area contributed by atoms with Crippen LogP contribution in [-0.4, -0.2) is 44.3 Å². The van der Waals surface area contributed by atoms with Gasteiger partial charge in [0.15, 0.2) is 5.96 Å². The highest BCUT2D eigenvalue weighted by Crippen LogP contribution is 2.18. The normalized spacial score (nSPS) is 10.8. The third-order valence-corrected chi connectivity index (χ3v) is 4.18. The Hall–Kier alpha value is -1.55. The van der Waals surface area contributed by atoms with E-state index in [1.807, 2.05) is 38.1 Å². The van der Waals surface area contributed by atoms with Crippen LogP contribution in [0.25, 0.3) is 0 Å². The van der Waals surface area contributed by atoms with Crippen molar-refractivity contribution in [2.75, 3.05) is 33.4 Å². The van der Waals surface area contributed by atoms with Crippen LogP contribution in [0.5, 0.6) is 11.5 Å². The zero-order valence-electron chi connectivity index (χ0n) is 15.4. The lowest BCUT2D eigenvalue weighted by Gasteiger charge is -2.12. The van der Waals surface area contributed by atoms with Gasteiger partial charge in [0, 0.05) is 31.0 Å². The molecule has 0 saturated heterocycles. The molecule has 2 rings (SSSR count). The average molecular weight is 490 g/mol. The molecular formula is C18H27IN4O2S. The number of methoxy groups -OCH3 is 1. The van der Waals surface area contributed by atoms with E-state index < -0.39 is 0 Å². The van der Waals surface area contributed by atoms with Crippen LogP contribution in [-0.2, 0) is 6.42 Å². The largest absolute Gasteiger partial charge is 0.497 e. The zero-order chi connectivity index (χ0) is 17.9. The van der Waals surface area contributed by atoms with Gasteiger partial charge < -0.3 is 20.1 Å². The van der Waals surface area contributed by atoms with Crippen molar-refractivity contribution in [3.63, 3.8) is 0 Å². The second-order valence-corrected chi connectivity index (χ2v) is 6.38. The smallest absolute Gasteiger partial charge is 0.191 e. The number of aryl methyl sites for hydroxylation is 1. The van der Waals surface area contributed by atoms with E-state index in [-0.39, 0.29) is 24.0 Å². The Morgan fingerprint density at radius 3 is 2.77 bits per heavy atom. The molecule has 0 radical (unpaired) electrons. The summed E-state index contributed by atoms with van der Waals surface area (Å²) in [4.78, 5) is 9.03. The summed E-state index contributed by atoms with van der Waals surface area (Å²) in [6.07, 6.45) is 0.848. The van der Waals surface area contributed by atoms with Crippen molar-refractivity contribution < 1.29 is 9.47 Å². The fraction of sp³-hybridized carbons (Fsp3) is 0.444. The predicted octanol–water partition coefficient (Wildman–Crippen LogP) is 3.25. The molecule has 0 aliphatic rings. The number of guanidine groups is 1. The lowest BCUT2D eigenvalue weighted by Crippen LogP contribution is -2.39. The number of hydrogen-bond acceptors (Lipinski definition) is 5. The Morgan fingerprint density at radius 2 is 2.08 bits per heavy atom. The summed E-state index contributed by atoms with van der Waals surface area (Å²) in [5, 5.41) is 9.70. The minimum Gasteiger partial charge on any atom is -0.497 e. The summed E-state index contributed by atoms with van der Waals surface area (Å²) in [7, 11) is 1.65. The number of ether oxygens (including phenoxy) is 2. The number of rotatable bonds is 9. The minimum absolute atomic E-state index is 0. The summed E-state index contributed by atoms with van der Waals surface area (Å²) in [6.45, 7) is 6.80. The van der Waals surface area contributed by atoms with E-state index in [4.69, 9.17) is 9.47 Å². The van der Waals surface area contributed by atoms with E-state index in [0.717, 1.165) is 41.1 Å². The molecule has 2 N–H and O–H groups in total. The molecule has 0 aliphatic heterocycles. The van der Waals surface area contributed by atoms with Crippen LogP contribution in [0.1, 0.15) is 17.6 Å². The van der Waals surface area contributed by atoms with Crippen LogP contribution < -0.4 is 20.1 Å². The van der Waals surface area contributed by atoms with Gasteiger partial charge in [0.1, 0.15) is 18.1 Å². The lowest BCUT2D eigenvalue weighted by atomic mass is 10.3. The van der Waals surface area contributed by atoms with E-state index in [1.54, 1.807) is 18.4 Å². The molecule has 0 amide bonds. The van der Waals surface area contributed by atoms with Gasteiger partial charge in [-0.2, -0.15) is 0 Å². The molecule has 144 valence electrons. The van der Waals surface area contributed by atoms with Gasteiger partial charge in [0.05, 0.1) is 24.4 Å². The van der Waals surface area contributed by atoms with Gasteiger partial charge in [0.2, 0.25) is 0 Å². The second kappa shape index (κ2) is 12.7. The van der Waals surface area contributed by atoms with Crippen molar-refractivity contribution in [1.82, 2.24) is 15.6 Å². The maximum atomic E-state index is 5.72. The first-order valence-electron chi connectivity index (χ1n) is 8.41. The summed E-state index contributed by atoms with van der Waals surface area (Å²) >= 11 is 1.67. The Morgan fingerprint density at radius 1 is 1.27 bits per heavy atom. The molecule has 0 spiro atoms. The third-order valence-electron chi connectivity index (χ3n) is 3.35. The number of benzene rings is 1. The fourth-order valence-corrected chi connectivity index (χ4v) is 2.82. The molecular weight excluding hydrogens is 463 g/mol. The summed E-state index contributed by atoms with van der Waals surface area (Å²) < 4.78 is 10.9. The van der Waals surface area contributed by atoms with Crippen LogP contribution in [0, 0.1) is 6.92 Å². The predicted molar refractivity (Wildman–Crippen MR) is 118 cm³/mol. The molecule has 0 fully saturated rings. The summed E-state index contributed by atoms with van der Waals surface area (Å²) in [5.41, 5.74) is 1.10. The maximum Gasteiger partial charge on any atom is 0.191 e. The number of nitrogens with one attached hydrogen (secondary N) is 2. The molecule has 0 atom stereocenters. The summed E-state index contributed by atoms with van der Waals surface area (Å²) in [5.74, 6) is 2.38. The van der Waals surface area contributed by atoms with Crippen molar-refractivity contribution in [2.24, 2.45) is 4.99 Å². The van der Waals surface area contributed by atoms with Gasteiger partial charge >= 0.3 is 0 Å². The first kappa shape index (κ1) is 22.5. The van der Waals surface area contributed by atoms with Crippen LogP contribution in [0.3, 0.4) is 0 Å². The molecule has 0 aliphatic carbocycles. The number of nitrogens with zero attached hydrogens (tertiary/aromatic N) is 2. The van der Waals surface area contributed by atoms with Gasteiger partial charge in [-0.15, -0.1) is 35.3 Å². The van der Waals surface area contributed by atoms with Crippen LogP contribution >= 0.6 is 35.3 Å². The zero-order valence-corrected chi connectivity index (χ0v) is 18.6. The molecule has 0 unspecified atom stereocenters. The highest BCUT2D eigenvalue weighted by Gasteiger charge is 2.01. The van der Waals surface area contributed by atoms with Crippen molar-refractivity contribution in [3.05, 3.63) is 40.3 Å². The highest BCUT2D eigenvalue weighted by atomic mass is 127. The molecule has 1 aromatic carbocycles. The second-order valence-electron chi connectivity index (χ2n) is 5.32. The molecule has 1 heterocycles. The Balaban J connectivity index is 0.00000338. The molecule has 6 nitrogen and oxygen atoms in total. The molecule has 2 aromatic rings. The van der Waals surface area contributed by atoms with Crippen molar-refractivity contribution in [2.45, 2.75) is 20.3 Å². The topological polar surface area (TPSA) is 67.8 Å². The minimum atomic E-state index is 0. The number of aliphatic imine (C=N–C) groups is 1. The number of hydrogen-bond donors (Lipinski definition) is 2. The molecule has 0 bridgehead atoms. The van der Waals surface area contributed by atoms with Gasteiger partial charge in [0.25, 0.3) is 0 Å². The number of aromatic nitrogens is 1. The van der Waals surface area contributed by atoms with Gasteiger partial charge in [-0.1, -0.05) is 6.07 Å². The Kier molecular flexibility index (Phi) is 11.0. The maximum absolute atomic E-state index is 5.72. The molecule has 26 heavy (non-hydrogen) atoms. The van der Waals surface area contributed by atoms with Crippen LogP contribution in [0.4, 0.5) is 0 Å². The van der Waals surface area contributed by atoms with Crippen LogP contribution in [0.15, 0.2) is 34.6 Å². The monoisotopic (exact) mass is 490 g/mol. The van der Waals surface area contributed by atoms with Crippen molar-refractivity contribution in [1.29, 1.82) is 0 Å². The number of halogens is 1. The molecule has 1 aromatic heterocycles.